The van der Waals surface area contributed by atoms with Gasteiger partial charge in [-0.15, -0.1) is 0 Å². The molecule has 0 aliphatic heterocycles. The third-order valence-corrected chi connectivity index (χ3v) is 4.02. The average molecular weight is 309 g/mol. The van der Waals surface area contributed by atoms with E-state index in [9.17, 15) is 9.90 Å². The zero-order valence-electron chi connectivity index (χ0n) is 12.5. The number of aryl methyl sites for hydroxylation is 1. The molecule has 23 heavy (non-hydrogen) atoms. The van der Waals surface area contributed by atoms with Crippen LogP contribution in [0.4, 0.5) is 0 Å². The fraction of sp³-hybridized carbons (Fsp3) is 0.188. The highest BCUT2D eigenvalue weighted by atomic mass is 16.3. The Morgan fingerprint density at radius 3 is 2.70 bits per heavy atom. The van der Waals surface area contributed by atoms with Crippen LogP contribution in [0.25, 0.3) is 16.9 Å². The molecule has 4 aromatic rings. The van der Waals surface area contributed by atoms with Crippen LogP contribution in [-0.4, -0.2) is 28.6 Å². The Bertz CT molecular complexity index is 1060. The number of hydrogen-bond donors (Lipinski definition) is 1. The van der Waals surface area contributed by atoms with Gasteiger partial charge in [0.15, 0.2) is 11.2 Å². The molecule has 4 rings (SSSR count). The fourth-order valence-corrected chi connectivity index (χ4v) is 2.88. The molecule has 7 nitrogen and oxygen atoms in total. The molecule has 0 amide bonds. The first-order chi connectivity index (χ1) is 11.2. The van der Waals surface area contributed by atoms with Crippen LogP contribution < -0.4 is 5.56 Å². The highest BCUT2D eigenvalue weighted by molar-refractivity contribution is 5.73. The second-order valence-corrected chi connectivity index (χ2v) is 5.44. The summed E-state index contributed by atoms with van der Waals surface area (Å²) in [5.41, 5.74) is 2.41. The summed E-state index contributed by atoms with van der Waals surface area (Å²) in [6.07, 6.45) is 3.17. The largest absolute Gasteiger partial charge is 0.390 e. The molecule has 3 heterocycles. The minimum Gasteiger partial charge on any atom is -0.390 e. The minimum atomic E-state index is -0.241. The molecule has 0 radical (unpaired) electrons. The van der Waals surface area contributed by atoms with E-state index in [0.29, 0.717) is 29.2 Å². The van der Waals surface area contributed by atoms with Gasteiger partial charge in [-0.3, -0.25) is 9.36 Å². The molecule has 0 saturated carbocycles. The first-order valence-corrected chi connectivity index (χ1v) is 7.25. The number of fused-ring (bicyclic) bond motifs is 2. The molecular formula is C16H15N5O2. The van der Waals surface area contributed by atoms with Crippen molar-refractivity contribution in [3.63, 3.8) is 0 Å². The maximum Gasteiger partial charge on any atom is 0.285 e. The number of aromatic nitrogens is 5. The Kier molecular flexibility index (Phi) is 3.02. The van der Waals surface area contributed by atoms with Crippen molar-refractivity contribution in [1.29, 1.82) is 0 Å². The van der Waals surface area contributed by atoms with Crippen LogP contribution in [0.3, 0.4) is 0 Å². The van der Waals surface area contributed by atoms with Crippen LogP contribution in [-0.2, 0) is 20.2 Å². The fourth-order valence-electron chi connectivity index (χ4n) is 2.88. The third-order valence-electron chi connectivity index (χ3n) is 4.02. The predicted octanol–water partition coefficient (Wildman–Crippen LogP) is 0.923. The monoisotopic (exact) mass is 309 g/mol. The number of hydrogen-bond acceptors (Lipinski definition) is 4. The van der Waals surface area contributed by atoms with Gasteiger partial charge >= 0.3 is 0 Å². The summed E-state index contributed by atoms with van der Waals surface area (Å²) in [5, 5.41) is 9.44. The molecule has 7 heteroatoms. The Morgan fingerprint density at radius 1 is 1.17 bits per heavy atom. The molecule has 0 fully saturated rings. The number of rotatable bonds is 3. The van der Waals surface area contributed by atoms with Gasteiger partial charge in [-0.1, -0.05) is 30.3 Å². The molecule has 1 N–H and O–H groups in total. The summed E-state index contributed by atoms with van der Waals surface area (Å²) in [6.45, 7) is 0.315. The van der Waals surface area contributed by atoms with Gasteiger partial charge in [0.05, 0.1) is 24.8 Å². The van der Waals surface area contributed by atoms with Crippen LogP contribution in [0, 0.1) is 0 Å². The summed E-state index contributed by atoms with van der Waals surface area (Å²) in [6, 6.07) is 9.89. The van der Waals surface area contributed by atoms with Gasteiger partial charge in [-0.2, -0.15) is 0 Å². The van der Waals surface area contributed by atoms with E-state index in [2.05, 4.69) is 9.97 Å². The molecule has 0 saturated heterocycles. The maximum atomic E-state index is 12.9. The Hall–Kier alpha value is -2.93. The Balaban J connectivity index is 2.01. The van der Waals surface area contributed by atoms with Crippen LogP contribution in [0.15, 0.2) is 47.7 Å². The predicted molar refractivity (Wildman–Crippen MR) is 85.2 cm³/mol. The smallest absolute Gasteiger partial charge is 0.285 e. The molecule has 0 unspecified atom stereocenters. The normalized spacial score (nSPS) is 11.6. The van der Waals surface area contributed by atoms with Crippen molar-refractivity contribution >= 4 is 16.9 Å². The van der Waals surface area contributed by atoms with Gasteiger partial charge in [0.2, 0.25) is 5.78 Å². The zero-order chi connectivity index (χ0) is 16.0. The van der Waals surface area contributed by atoms with Crippen LogP contribution in [0.2, 0.25) is 0 Å². The van der Waals surface area contributed by atoms with E-state index in [1.54, 1.807) is 10.9 Å². The second-order valence-electron chi connectivity index (χ2n) is 5.44. The second kappa shape index (κ2) is 5.06. The van der Waals surface area contributed by atoms with Gasteiger partial charge in [0.1, 0.15) is 0 Å². The molecule has 3 aromatic heterocycles. The first kappa shape index (κ1) is 13.7. The van der Waals surface area contributed by atoms with Gasteiger partial charge in [0, 0.05) is 13.6 Å². The van der Waals surface area contributed by atoms with Crippen molar-refractivity contribution in [2.24, 2.45) is 7.05 Å². The molecule has 0 atom stereocenters. The highest BCUT2D eigenvalue weighted by Crippen LogP contribution is 2.14. The summed E-state index contributed by atoms with van der Waals surface area (Å²) >= 11 is 0. The number of benzene rings is 1. The van der Waals surface area contributed by atoms with Crippen LogP contribution >= 0.6 is 0 Å². The lowest BCUT2D eigenvalue weighted by Gasteiger charge is -2.07. The third kappa shape index (κ3) is 1.97. The van der Waals surface area contributed by atoms with Gasteiger partial charge in [0.25, 0.3) is 5.56 Å². The van der Waals surface area contributed by atoms with Crippen molar-refractivity contribution in [1.82, 2.24) is 23.5 Å². The molecule has 0 spiro atoms. The summed E-state index contributed by atoms with van der Waals surface area (Å²) in [7, 11) is 1.81. The SMILES string of the molecule is Cn1c2ncn(Cc3ccccc3)c2c(=O)n2c(CO)cnc12. The average Bonchev–Trinajstić information content (AvgIpc) is 3.18. The standard InChI is InChI=1S/C16H15N5O2/c1-19-14-13(15(23)21-12(9-22)7-17-16(19)21)20(10-18-14)8-11-5-3-2-4-6-11/h2-7,10,22H,8-9H2,1H3. The summed E-state index contributed by atoms with van der Waals surface area (Å²) in [4.78, 5) is 21.5. The lowest BCUT2D eigenvalue weighted by molar-refractivity contribution is 0.275. The van der Waals surface area contributed by atoms with E-state index in [-0.39, 0.29) is 12.2 Å². The Morgan fingerprint density at radius 2 is 1.96 bits per heavy atom. The van der Waals surface area contributed by atoms with Crippen molar-refractivity contribution < 1.29 is 5.11 Å². The highest BCUT2D eigenvalue weighted by Gasteiger charge is 2.17. The van der Waals surface area contributed by atoms with Gasteiger partial charge in [-0.25, -0.2) is 14.4 Å². The first-order valence-electron chi connectivity index (χ1n) is 7.25. The molecule has 0 bridgehead atoms. The van der Waals surface area contributed by atoms with E-state index in [4.69, 9.17) is 0 Å². The van der Waals surface area contributed by atoms with Crippen molar-refractivity contribution in [2.45, 2.75) is 13.2 Å². The Labute approximate surface area is 131 Å². The molecule has 116 valence electrons. The molecule has 1 aromatic carbocycles. The van der Waals surface area contributed by atoms with Crippen molar-refractivity contribution in [2.75, 3.05) is 0 Å². The zero-order valence-corrected chi connectivity index (χ0v) is 12.5. The van der Waals surface area contributed by atoms with Crippen LogP contribution in [0.5, 0.6) is 0 Å². The maximum absolute atomic E-state index is 12.9. The molecule has 0 aliphatic carbocycles. The minimum absolute atomic E-state index is 0.219. The molecule has 0 aliphatic rings. The van der Waals surface area contributed by atoms with Gasteiger partial charge in [-0.05, 0) is 5.56 Å². The number of imidazole rings is 2. The molecular weight excluding hydrogens is 294 g/mol. The number of aliphatic hydroxyl groups is 1. The van der Waals surface area contributed by atoms with E-state index in [1.165, 1.54) is 10.6 Å². The van der Waals surface area contributed by atoms with Crippen LogP contribution in [0.1, 0.15) is 11.3 Å². The summed E-state index contributed by atoms with van der Waals surface area (Å²) < 4.78 is 5.02. The lowest BCUT2D eigenvalue weighted by Crippen LogP contribution is -2.21. The number of nitrogens with zero attached hydrogens (tertiary/aromatic N) is 5. The van der Waals surface area contributed by atoms with Gasteiger partial charge < -0.3 is 9.67 Å². The number of aliphatic hydroxyl groups excluding tert-OH is 1. The van der Waals surface area contributed by atoms with E-state index < -0.39 is 0 Å². The van der Waals surface area contributed by atoms with E-state index in [1.807, 2.05) is 41.9 Å². The van der Waals surface area contributed by atoms with Crippen molar-refractivity contribution in [3.05, 3.63) is 64.5 Å². The van der Waals surface area contributed by atoms with Crippen molar-refractivity contribution in [3.8, 4) is 0 Å². The summed E-state index contributed by atoms with van der Waals surface area (Å²) in [5.74, 6) is 0.469. The quantitative estimate of drug-likeness (QED) is 0.610. The lowest BCUT2D eigenvalue weighted by atomic mass is 10.2. The van der Waals surface area contributed by atoms with E-state index in [0.717, 1.165) is 5.56 Å². The topological polar surface area (TPSA) is 77.4 Å². The van der Waals surface area contributed by atoms with E-state index >= 15 is 0 Å².